The van der Waals surface area contributed by atoms with Crippen LogP contribution < -0.4 is 0 Å². The quantitative estimate of drug-likeness (QED) is 0.847. The molecule has 24 heavy (non-hydrogen) atoms. The van der Waals surface area contributed by atoms with Gasteiger partial charge in [0.1, 0.15) is 24.1 Å². The molecule has 7 heteroatoms. The fourth-order valence-electron chi connectivity index (χ4n) is 3.37. The van der Waals surface area contributed by atoms with Crippen LogP contribution in [0, 0.1) is 0 Å². The number of methoxy groups -OCH3 is 1. The van der Waals surface area contributed by atoms with E-state index in [2.05, 4.69) is 4.98 Å². The van der Waals surface area contributed by atoms with E-state index in [9.17, 15) is 9.90 Å². The Hall–Kier alpha value is -2.22. The average Bonchev–Trinajstić information content (AvgIpc) is 3.32. The number of carbonyl (C=O) groups excluding carboxylic acids is 1. The number of aliphatic hydroxyl groups is 1. The normalized spacial score (nSPS) is 28.8. The molecule has 0 saturated carbocycles. The van der Waals surface area contributed by atoms with Gasteiger partial charge in [-0.05, 0) is 12.1 Å². The van der Waals surface area contributed by atoms with Crippen molar-refractivity contribution in [3.63, 3.8) is 0 Å². The summed E-state index contributed by atoms with van der Waals surface area (Å²) in [7, 11) is 1.36. The van der Waals surface area contributed by atoms with Gasteiger partial charge >= 0.3 is 5.97 Å². The fourth-order valence-corrected chi connectivity index (χ4v) is 3.37. The molecule has 7 nitrogen and oxygen atoms in total. The average molecular weight is 330 g/mol. The molecule has 3 heterocycles. The zero-order valence-electron chi connectivity index (χ0n) is 13.2. The maximum atomic E-state index is 11.5. The molecule has 0 amide bonds. The number of rotatable bonds is 3. The molecule has 4 rings (SSSR count). The Morgan fingerprint density at radius 2 is 2.00 bits per heavy atom. The van der Waals surface area contributed by atoms with Crippen molar-refractivity contribution in [2.45, 2.75) is 24.4 Å². The molecule has 126 valence electrons. The van der Waals surface area contributed by atoms with Crippen LogP contribution in [0.2, 0.25) is 0 Å². The molecule has 0 aliphatic carbocycles. The standard InChI is InChI=1S/C17H18N2O5/c1-22-17(21)11-4-2-10(3-5-11)16-18-6-7-19(16)12-8-23-15-13(20)9-24-14(12)15/h2-7,12-15,20H,8-9H2,1H3/t12-,13-,14-,15-/m1/s1. The Bertz CT molecular complexity index is 742. The highest BCUT2D eigenvalue weighted by atomic mass is 16.6. The van der Waals surface area contributed by atoms with Gasteiger partial charge in [0, 0.05) is 18.0 Å². The first-order valence-corrected chi connectivity index (χ1v) is 7.82. The van der Waals surface area contributed by atoms with E-state index in [-0.39, 0.29) is 24.2 Å². The van der Waals surface area contributed by atoms with E-state index in [0.717, 1.165) is 11.4 Å². The van der Waals surface area contributed by atoms with Crippen LogP contribution >= 0.6 is 0 Å². The minimum Gasteiger partial charge on any atom is -0.465 e. The molecule has 1 N–H and O–H groups in total. The molecule has 2 fully saturated rings. The number of hydrogen-bond donors (Lipinski definition) is 1. The van der Waals surface area contributed by atoms with Crippen LogP contribution in [0.1, 0.15) is 16.4 Å². The lowest BCUT2D eigenvalue weighted by molar-refractivity contribution is 0.0172. The second kappa shape index (κ2) is 6.01. The molecule has 2 aromatic rings. The topological polar surface area (TPSA) is 82.8 Å². The summed E-state index contributed by atoms with van der Waals surface area (Å²) in [6.45, 7) is 0.764. The minimum absolute atomic E-state index is 0.0371. The van der Waals surface area contributed by atoms with E-state index in [1.807, 2.05) is 22.9 Å². The molecule has 4 atom stereocenters. The number of aliphatic hydroxyl groups excluding tert-OH is 1. The van der Waals surface area contributed by atoms with Gasteiger partial charge in [-0.25, -0.2) is 9.78 Å². The number of esters is 1. The molecule has 0 radical (unpaired) electrons. The number of benzene rings is 1. The zero-order chi connectivity index (χ0) is 16.7. The summed E-state index contributed by atoms with van der Waals surface area (Å²) < 4.78 is 18.1. The second-order valence-corrected chi connectivity index (χ2v) is 5.96. The number of hydrogen-bond acceptors (Lipinski definition) is 6. The third-order valence-electron chi connectivity index (χ3n) is 4.59. The molecule has 2 saturated heterocycles. The summed E-state index contributed by atoms with van der Waals surface area (Å²) >= 11 is 0. The van der Waals surface area contributed by atoms with Gasteiger partial charge in [0.15, 0.2) is 0 Å². The van der Waals surface area contributed by atoms with E-state index in [0.29, 0.717) is 18.8 Å². The number of ether oxygens (including phenoxy) is 3. The molecular formula is C17H18N2O5. The third-order valence-corrected chi connectivity index (χ3v) is 4.59. The van der Waals surface area contributed by atoms with Gasteiger partial charge in [-0.3, -0.25) is 0 Å². The number of imidazole rings is 1. The molecule has 0 spiro atoms. The number of aromatic nitrogens is 2. The van der Waals surface area contributed by atoms with Crippen molar-refractivity contribution >= 4 is 5.97 Å². The Labute approximate surface area is 138 Å². The zero-order valence-corrected chi connectivity index (χ0v) is 13.2. The predicted molar refractivity (Wildman–Crippen MR) is 83.5 cm³/mol. The first-order chi connectivity index (χ1) is 11.7. The van der Waals surface area contributed by atoms with Crippen molar-refractivity contribution in [1.82, 2.24) is 9.55 Å². The summed E-state index contributed by atoms with van der Waals surface area (Å²) in [6, 6.07) is 7.06. The molecule has 2 aliphatic heterocycles. The highest BCUT2D eigenvalue weighted by molar-refractivity contribution is 5.89. The highest BCUT2D eigenvalue weighted by Crippen LogP contribution is 2.36. The van der Waals surface area contributed by atoms with E-state index in [1.54, 1.807) is 18.3 Å². The van der Waals surface area contributed by atoms with Gasteiger partial charge in [0.25, 0.3) is 0 Å². The Balaban J connectivity index is 1.62. The lowest BCUT2D eigenvalue weighted by Crippen LogP contribution is -2.30. The van der Waals surface area contributed by atoms with E-state index in [1.165, 1.54) is 7.11 Å². The number of fused-ring (bicyclic) bond motifs is 1. The van der Waals surface area contributed by atoms with Gasteiger partial charge < -0.3 is 23.9 Å². The van der Waals surface area contributed by atoms with Crippen molar-refractivity contribution < 1.29 is 24.1 Å². The largest absolute Gasteiger partial charge is 0.465 e. The first-order valence-electron chi connectivity index (χ1n) is 7.82. The molecule has 2 aliphatic rings. The predicted octanol–water partition coefficient (Wildman–Crippen LogP) is 1.04. The van der Waals surface area contributed by atoms with Gasteiger partial charge in [-0.1, -0.05) is 12.1 Å². The van der Waals surface area contributed by atoms with Crippen LogP contribution in [0.5, 0.6) is 0 Å². The smallest absolute Gasteiger partial charge is 0.337 e. The Morgan fingerprint density at radius 3 is 2.75 bits per heavy atom. The summed E-state index contributed by atoms with van der Waals surface area (Å²) in [6.07, 6.45) is 2.57. The van der Waals surface area contributed by atoms with E-state index >= 15 is 0 Å². The van der Waals surface area contributed by atoms with Gasteiger partial charge in [-0.15, -0.1) is 0 Å². The van der Waals surface area contributed by atoms with Gasteiger partial charge in [0.05, 0.1) is 31.9 Å². The van der Waals surface area contributed by atoms with Crippen molar-refractivity contribution in [2.75, 3.05) is 20.3 Å². The summed E-state index contributed by atoms with van der Waals surface area (Å²) in [4.78, 5) is 16.0. The third kappa shape index (κ3) is 2.41. The second-order valence-electron chi connectivity index (χ2n) is 5.96. The number of carbonyl (C=O) groups is 1. The molecule has 0 unspecified atom stereocenters. The van der Waals surface area contributed by atoms with Crippen LogP contribution in [-0.2, 0) is 14.2 Å². The van der Waals surface area contributed by atoms with Crippen molar-refractivity contribution in [3.05, 3.63) is 42.2 Å². The first kappa shape index (κ1) is 15.3. The maximum Gasteiger partial charge on any atom is 0.337 e. The van der Waals surface area contributed by atoms with Crippen molar-refractivity contribution in [2.24, 2.45) is 0 Å². The highest BCUT2D eigenvalue weighted by Gasteiger charge is 2.48. The van der Waals surface area contributed by atoms with Crippen LogP contribution in [0.15, 0.2) is 36.7 Å². The lowest BCUT2D eigenvalue weighted by Gasteiger charge is -2.19. The van der Waals surface area contributed by atoms with Crippen molar-refractivity contribution in [3.8, 4) is 11.4 Å². The summed E-state index contributed by atoms with van der Waals surface area (Å²) in [5.74, 6) is 0.399. The van der Waals surface area contributed by atoms with Gasteiger partial charge in [0.2, 0.25) is 0 Å². The monoisotopic (exact) mass is 330 g/mol. The molecule has 0 bridgehead atoms. The van der Waals surface area contributed by atoms with Crippen LogP contribution in [0.4, 0.5) is 0 Å². The summed E-state index contributed by atoms with van der Waals surface area (Å²) in [5, 5.41) is 9.89. The number of nitrogens with zero attached hydrogens (tertiary/aromatic N) is 2. The minimum atomic E-state index is -0.577. The molecule has 1 aromatic heterocycles. The van der Waals surface area contributed by atoms with Gasteiger partial charge in [-0.2, -0.15) is 0 Å². The van der Waals surface area contributed by atoms with E-state index < -0.39 is 6.10 Å². The molecular weight excluding hydrogens is 312 g/mol. The lowest BCUT2D eigenvalue weighted by atomic mass is 10.1. The van der Waals surface area contributed by atoms with Crippen LogP contribution in [-0.4, -0.2) is 59.3 Å². The maximum absolute atomic E-state index is 11.5. The van der Waals surface area contributed by atoms with E-state index in [4.69, 9.17) is 14.2 Å². The molecule has 1 aromatic carbocycles. The Kier molecular flexibility index (Phi) is 3.84. The van der Waals surface area contributed by atoms with Crippen molar-refractivity contribution in [1.29, 1.82) is 0 Å². The summed E-state index contributed by atoms with van der Waals surface area (Å²) in [5.41, 5.74) is 1.38. The van der Waals surface area contributed by atoms with Crippen LogP contribution in [0.25, 0.3) is 11.4 Å². The SMILES string of the molecule is COC(=O)c1ccc(-c2nccn2[C@@H]2CO[C@H]3[C@@H]2OC[C@H]3O)cc1. The fraction of sp³-hybridized carbons (Fsp3) is 0.412. The van der Waals surface area contributed by atoms with Crippen LogP contribution in [0.3, 0.4) is 0 Å². The Morgan fingerprint density at radius 1 is 1.25 bits per heavy atom.